The van der Waals surface area contributed by atoms with Gasteiger partial charge in [0.2, 0.25) is 0 Å². The Labute approximate surface area is 102 Å². The number of carbonyl (C=O) groups is 1. The van der Waals surface area contributed by atoms with E-state index >= 15 is 0 Å². The molecule has 1 heterocycles. The van der Waals surface area contributed by atoms with Gasteiger partial charge < -0.3 is 15.5 Å². The highest BCUT2D eigenvalue weighted by atomic mass is 16.2. The van der Waals surface area contributed by atoms with Crippen molar-refractivity contribution < 1.29 is 4.79 Å². The number of urea groups is 1. The van der Waals surface area contributed by atoms with Crippen molar-refractivity contribution in [3.8, 4) is 0 Å². The molecule has 0 radical (unpaired) electrons. The van der Waals surface area contributed by atoms with Gasteiger partial charge in [0.05, 0.1) is 5.69 Å². The van der Waals surface area contributed by atoms with Crippen molar-refractivity contribution in [3.05, 3.63) is 17.0 Å². The number of amides is 2. The molecule has 96 valence electrons. The van der Waals surface area contributed by atoms with E-state index in [1.807, 2.05) is 13.8 Å². The number of aromatic nitrogens is 2. The fourth-order valence-corrected chi connectivity index (χ4v) is 1.46. The fourth-order valence-electron chi connectivity index (χ4n) is 1.46. The van der Waals surface area contributed by atoms with E-state index in [1.54, 1.807) is 14.1 Å². The Hall–Kier alpha value is -1.56. The molecule has 0 aliphatic carbocycles. The molecule has 2 amide bonds. The Bertz CT molecular complexity index is 352. The minimum Gasteiger partial charge on any atom is -0.337 e. The van der Waals surface area contributed by atoms with Crippen LogP contribution < -0.4 is 10.6 Å². The molecule has 6 nitrogen and oxygen atoms in total. The number of carbonyl (C=O) groups excluding carboxylic acids is 1. The molecule has 1 aromatic heterocycles. The Morgan fingerprint density at radius 1 is 1.35 bits per heavy atom. The van der Waals surface area contributed by atoms with E-state index < -0.39 is 0 Å². The predicted molar refractivity (Wildman–Crippen MR) is 66.9 cm³/mol. The Balaban J connectivity index is 2.19. The van der Waals surface area contributed by atoms with E-state index in [4.69, 9.17) is 0 Å². The topological polar surface area (TPSA) is 73.0 Å². The van der Waals surface area contributed by atoms with Crippen LogP contribution in [0, 0.1) is 13.8 Å². The minimum atomic E-state index is -0.0672. The molecule has 0 bridgehead atoms. The first-order chi connectivity index (χ1) is 8.02. The number of nitrogens with zero attached hydrogens (tertiary/aromatic N) is 2. The van der Waals surface area contributed by atoms with Gasteiger partial charge in [0.1, 0.15) is 0 Å². The SMILES string of the molecule is Cc1n[nH]c(C)c1CNCCNC(=O)N(C)C. The molecule has 3 N–H and O–H groups in total. The van der Waals surface area contributed by atoms with Crippen LogP contribution in [0.4, 0.5) is 4.79 Å². The summed E-state index contributed by atoms with van der Waals surface area (Å²) in [5, 5.41) is 13.1. The highest BCUT2D eigenvalue weighted by molar-refractivity contribution is 5.73. The van der Waals surface area contributed by atoms with Gasteiger partial charge in [-0.15, -0.1) is 0 Å². The molecule has 0 aliphatic heterocycles. The highest BCUT2D eigenvalue weighted by Gasteiger charge is 2.05. The van der Waals surface area contributed by atoms with E-state index in [9.17, 15) is 4.79 Å². The van der Waals surface area contributed by atoms with Crippen LogP contribution in [-0.2, 0) is 6.54 Å². The van der Waals surface area contributed by atoms with Crippen LogP contribution in [0.3, 0.4) is 0 Å². The van der Waals surface area contributed by atoms with Crippen LogP contribution in [0.2, 0.25) is 0 Å². The van der Waals surface area contributed by atoms with Crippen LogP contribution >= 0.6 is 0 Å². The maximum atomic E-state index is 11.2. The van der Waals surface area contributed by atoms with Gasteiger partial charge in [-0.05, 0) is 13.8 Å². The van der Waals surface area contributed by atoms with Crippen LogP contribution in [0.5, 0.6) is 0 Å². The standard InChI is InChI=1S/C11H21N5O/c1-8-10(9(2)15-14-8)7-12-5-6-13-11(17)16(3)4/h12H,5-7H2,1-4H3,(H,13,17)(H,14,15). The molecule has 0 saturated heterocycles. The molecule has 17 heavy (non-hydrogen) atoms. The molecule has 1 aromatic rings. The van der Waals surface area contributed by atoms with Gasteiger partial charge in [-0.3, -0.25) is 5.10 Å². The van der Waals surface area contributed by atoms with Gasteiger partial charge >= 0.3 is 6.03 Å². The number of hydrogen-bond acceptors (Lipinski definition) is 3. The minimum absolute atomic E-state index is 0.0672. The third-order valence-corrected chi connectivity index (χ3v) is 2.57. The van der Waals surface area contributed by atoms with Gasteiger partial charge in [-0.25, -0.2) is 4.79 Å². The second-order valence-electron chi connectivity index (χ2n) is 4.22. The van der Waals surface area contributed by atoms with Crippen LogP contribution in [0.1, 0.15) is 17.0 Å². The average Bonchev–Trinajstić information content (AvgIpc) is 2.59. The zero-order chi connectivity index (χ0) is 12.8. The third-order valence-electron chi connectivity index (χ3n) is 2.57. The zero-order valence-corrected chi connectivity index (χ0v) is 10.9. The molecule has 0 aromatic carbocycles. The zero-order valence-electron chi connectivity index (χ0n) is 10.9. The second-order valence-corrected chi connectivity index (χ2v) is 4.22. The number of aryl methyl sites for hydroxylation is 2. The Morgan fingerprint density at radius 2 is 2.06 bits per heavy atom. The van der Waals surface area contributed by atoms with Crippen molar-refractivity contribution in [2.75, 3.05) is 27.2 Å². The number of hydrogen-bond donors (Lipinski definition) is 3. The lowest BCUT2D eigenvalue weighted by molar-refractivity contribution is 0.217. The molecule has 6 heteroatoms. The molecule has 1 rings (SSSR count). The summed E-state index contributed by atoms with van der Waals surface area (Å²) < 4.78 is 0. The number of rotatable bonds is 5. The summed E-state index contributed by atoms with van der Waals surface area (Å²) in [4.78, 5) is 12.7. The summed E-state index contributed by atoms with van der Waals surface area (Å²) in [6.45, 7) is 6.11. The van der Waals surface area contributed by atoms with Gasteiger partial charge in [-0.2, -0.15) is 5.10 Å². The predicted octanol–water partition coefficient (Wildman–Crippen LogP) is 0.387. The molecule has 0 spiro atoms. The van der Waals surface area contributed by atoms with Crippen LogP contribution in [0.25, 0.3) is 0 Å². The van der Waals surface area contributed by atoms with Crippen molar-refractivity contribution in [2.24, 2.45) is 0 Å². The molecular formula is C11H21N5O. The third kappa shape index (κ3) is 4.07. The van der Waals surface area contributed by atoms with Crippen molar-refractivity contribution in [2.45, 2.75) is 20.4 Å². The van der Waals surface area contributed by atoms with E-state index in [1.165, 1.54) is 10.5 Å². The van der Waals surface area contributed by atoms with Gasteiger partial charge in [0.15, 0.2) is 0 Å². The molecule has 0 aliphatic rings. The van der Waals surface area contributed by atoms with E-state index in [0.717, 1.165) is 24.5 Å². The van der Waals surface area contributed by atoms with E-state index in [-0.39, 0.29) is 6.03 Å². The summed E-state index contributed by atoms with van der Waals surface area (Å²) in [5.41, 5.74) is 3.31. The summed E-state index contributed by atoms with van der Waals surface area (Å²) in [6, 6.07) is -0.0672. The number of H-pyrrole nitrogens is 1. The summed E-state index contributed by atoms with van der Waals surface area (Å²) in [7, 11) is 3.45. The lowest BCUT2D eigenvalue weighted by atomic mass is 10.2. The summed E-state index contributed by atoms with van der Waals surface area (Å²) >= 11 is 0. The average molecular weight is 239 g/mol. The van der Waals surface area contributed by atoms with Crippen molar-refractivity contribution in [3.63, 3.8) is 0 Å². The molecule has 0 unspecified atom stereocenters. The van der Waals surface area contributed by atoms with Crippen LogP contribution in [-0.4, -0.2) is 48.3 Å². The highest BCUT2D eigenvalue weighted by Crippen LogP contribution is 2.07. The van der Waals surface area contributed by atoms with E-state index in [0.29, 0.717) is 6.54 Å². The quantitative estimate of drug-likeness (QED) is 0.651. The summed E-state index contributed by atoms with van der Waals surface area (Å²) in [6.07, 6.45) is 0. The molecular weight excluding hydrogens is 218 g/mol. The maximum Gasteiger partial charge on any atom is 0.316 e. The molecule has 0 fully saturated rings. The summed E-state index contributed by atoms with van der Waals surface area (Å²) in [5.74, 6) is 0. The first-order valence-corrected chi connectivity index (χ1v) is 5.68. The van der Waals surface area contributed by atoms with E-state index in [2.05, 4.69) is 20.8 Å². The smallest absolute Gasteiger partial charge is 0.316 e. The Kier molecular flexibility index (Phi) is 4.96. The van der Waals surface area contributed by atoms with Gasteiger partial charge in [0.25, 0.3) is 0 Å². The molecule has 0 saturated carbocycles. The molecule has 0 atom stereocenters. The van der Waals surface area contributed by atoms with Gasteiger partial charge in [-0.1, -0.05) is 0 Å². The van der Waals surface area contributed by atoms with Crippen molar-refractivity contribution in [1.82, 2.24) is 25.7 Å². The lowest BCUT2D eigenvalue weighted by Gasteiger charge is -2.12. The van der Waals surface area contributed by atoms with Crippen molar-refractivity contribution >= 4 is 6.03 Å². The van der Waals surface area contributed by atoms with Gasteiger partial charge in [0, 0.05) is 45.0 Å². The Morgan fingerprint density at radius 3 is 2.59 bits per heavy atom. The first-order valence-electron chi connectivity index (χ1n) is 5.68. The van der Waals surface area contributed by atoms with Crippen LogP contribution in [0.15, 0.2) is 0 Å². The maximum absolute atomic E-state index is 11.2. The first kappa shape index (κ1) is 13.5. The number of nitrogens with one attached hydrogen (secondary N) is 3. The largest absolute Gasteiger partial charge is 0.337 e. The van der Waals surface area contributed by atoms with Crippen molar-refractivity contribution in [1.29, 1.82) is 0 Å². The monoisotopic (exact) mass is 239 g/mol. The number of aromatic amines is 1. The lowest BCUT2D eigenvalue weighted by Crippen LogP contribution is -2.38. The normalized spacial score (nSPS) is 10.4. The fraction of sp³-hybridized carbons (Fsp3) is 0.636. The second kappa shape index (κ2) is 6.24.